The molecule has 0 radical (unpaired) electrons. The van der Waals surface area contributed by atoms with Crippen LogP contribution in [0.1, 0.15) is 10.4 Å². The van der Waals surface area contributed by atoms with Crippen LogP contribution in [-0.4, -0.2) is 22.3 Å². The average molecular weight is 175 g/mol. The van der Waals surface area contributed by atoms with Gasteiger partial charge in [-0.1, -0.05) is 0 Å². The van der Waals surface area contributed by atoms with Gasteiger partial charge in [-0.15, -0.1) is 0 Å². The topological polar surface area (TPSA) is 71.8 Å². The van der Waals surface area contributed by atoms with E-state index in [-0.39, 0.29) is 12.3 Å². The number of fused-ring (bicyclic) bond motifs is 1. The van der Waals surface area contributed by atoms with E-state index in [0.29, 0.717) is 5.56 Å². The first kappa shape index (κ1) is 7.94. The average Bonchev–Trinajstić information content (AvgIpc) is 2.60. The molecule has 2 rings (SSSR count). The fraction of sp³-hybridized carbons (Fsp3) is 0.111. The van der Waals surface area contributed by atoms with E-state index in [4.69, 9.17) is 5.73 Å². The number of nitrogens with one attached hydrogen (secondary N) is 1. The van der Waals surface area contributed by atoms with Crippen molar-refractivity contribution in [1.29, 1.82) is 0 Å². The Morgan fingerprint density at radius 3 is 3.23 bits per heavy atom. The van der Waals surface area contributed by atoms with Crippen LogP contribution in [-0.2, 0) is 0 Å². The molecule has 0 aliphatic carbocycles. The summed E-state index contributed by atoms with van der Waals surface area (Å²) in [6.07, 6.45) is 5.01. The first-order valence-corrected chi connectivity index (χ1v) is 3.97. The summed E-state index contributed by atoms with van der Waals surface area (Å²) < 4.78 is 0. The van der Waals surface area contributed by atoms with Gasteiger partial charge in [-0.2, -0.15) is 0 Å². The standard InChI is InChI=1S/C9H9N3O/c10-3-9(13)7-4-12-8-5-11-2-1-6(7)8/h1-2,4-5,12H,3,10H2. The van der Waals surface area contributed by atoms with E-state index >= 15 is 0 Å². The van der Waals surface area contributed by atoms with Crippen LogP contribution >= 0.6 is 0 Å². The van der Waals surface area contributed by atoms with E-state index in [1.54, 1.807) is 24.7 Å². The van der Waals surface area contributed by atoms with E-state index in [1.165, 1.54) is 0 Å². The van der Waals surface area contributed by atoms with E-state index < -0.39 is 0 Å². The minimum Gasteiger partial charge on any atom is -0.359 e. The SMILES string of the molecule is NCC(=O)c1c[nH]c2cnccc12. The Morgan fingerprint density at radius 2 is 2.46 bits per heavy atom. The van der Waals surface area contributed by atoms with Crippen molar-refractivity contribution in [2.24, 2.45) is 5.73 Å². The molecule has 0 fully saturated rings. The highest BCUT2D eigenvalue weighted by Crippen LogP contribution is 2.16. The number of aromatic nitrogens is 2. The number of rotatable bonds is 2. The molecule has 0 bridgehead atoms. The zero-order valence-corrected chi connectivity index (χ0v) is 6.95. The Labute approximate surface area is 74.8 Å². The van der Waals surface area contributed by atoms with Crippen molar-refractivity contribution in [1.82, 2.24) is 9.97 Å². The summed E-state index contributed by atoms with van der Waals surface area (Å²) in [5, 5.41) is 0.880. The molecule has 0 saturated heterocycles. The number of nitrogens with zero attached hydrogens (tertiary/aromatic N) is 1. The van der Waals surface area contributed by atoms with Gasteiger partial charge in [0, 0.05) is 23.3 Å². The van der Waals surface area contributed by atoms with E-state index in [0.717, 1.165) is 10.9 Å². The van der Waals surface area contributed by atoms with Crippen LogP contribution in [0.5, 0.6) is 0 Å². The minimum atomic E-state index is -0.0579. The maximum atomic E-state index is 11.3. The summed E-state index contributed by atoms with van der Waals surface area (Å²) in [4.78, 5) is 18.2. The number of carbonyl (C=O) groups is 1. The van der Waals surface area contributed by atoms with Crippen LogP contribution in [0.15, 0.2) is 24.7 Å². The maximum Gasteiger partial charge on any atom is 0.178 e. The lowest BCUT2D eigenvalue weighted by Crippen LogP contribution is -2.12. The summed E-state index contributed by atoms with van der Waals surface area (Å²) in [6, 6.07) is 1.80. The second kappa shape index (κ2) is 2.99. The number of carbonyl (C=O) groups excluding carboxylic acids is 1. The highest BCUT2D eigenvalue weighted by Gasteiger charge is 2.09. The molecule has 0 unspecified atom stereocenters. The molecular formula is C9H9N3O. The molecule has 4 nitrogen and oxygen atoms in total. The molecule has 2 aromatic rings. The van der Waals surface area contributed by atoms with Gasteiger partial charge in [0.15, 0.2) is 5.78 Å². The number of hydrogen-bond donors (Lipinski definition) is 2. The molecule has 0 amide bonds. The van der Waals surface area contributed by atoms with Crippen molar-refractivity contribution < 1.29 is 4.79 Å². The van der Waals surface area contributed by atoms with Crippen molar-refractivity contribution in [3.63, 3.8) is 0 Å². The zero-order valence-electron chi connectivity index (χ0n) is 6.95. The predicted octanol–water partition coefficient (Wildman–Crippen LogP) is 0.704. The molecule has 4 heteroatoms. The van der Waals surface area contributed by atoms with Gasteiger partial charge < -0.3 is 10.7 Å². The fourth-order valence-corrected chi connectivity index (χ4v) is 1.31. The van der Waals surface area contributed by atoms with Crippen LogP contribution in [0.2, 0.25) is 0 Å². The third-order valence-electron chi connectivity index (χ3n) is 1.97. The van der Waals surface area contributed by atoms with Gasteiger partial charge >= 0.3 is 0 Å². The van der Waals surface area contributed by atoms with Crippen LogP contribution in [0, 0.1) is 0 Å². The number of ketones is 1. The predicted molar refractivity (Wildman–Crippen MR) is 49.5 cm³/mol. The quantitative estimate of drug-likeness (QED) is 0.660. The third-order valence-corrected chi connectivity index (χ3v) is 1.97. The molecule has 13 heavy (non-hydrogen) atoms. The van der Waals surface area contributed by atoms with E-state index in [9.17, 15) is 4.79 Å². The van der Waals surface area contributed by atoms with Crippen molar-refractivity contribution in [2.75, 3.05) is 6.54 Å². The number of hydrogen-bond acceptors (Lipinski definition) is 3. The first-order valence-electron chi connectivity index (χ1n) is 3.97. The van der Waals surface area contributed by atoms with E-state index in [1.807, 2.05) is 0 Å². The summed E-state index contributed by atoms with van der Waals surface area (Å²) in [5.41, 5.74) is 6.77. The lowest BCUT2D eigenvalue weighted by Gasteiger charge is -1.93. The van der Waals surface area contributed by atoms with Crippen molar-refractivity contribution in [3.8, 4) is 0 Å². The molecule has 0 saturated carbocycles. The van der Waals surface area contributed by atoms with Crippen molar-refractivity contribution >= 4 is 16.7 Å². The van der Waals surface area contributed by atoms with Crippen molar-refractivity contribution in [2.45, 2.75) is 0 Å². The number of pyridine rings is 1. The van der Waals surface area contributed by atoms with Crippen LogP contribution in [0.25, 0.3) is 10.9 Å². The largest absolute Gasteiger partial charge is 0.359 e. The summed E-state index contributed by atoms with van der Waals surface area (Å²) in [6.45, 7) is 0.0370. The van der Waals surface area contributed by atoms with Gasteiger partial charge in [-0.05, 0) is 6.07 Å². The fourth-order valence-electron chi connectivity index (χ4n) is 1.31. The lowest BCUT2D eigenvalue weighted by molar-refractivity contribution is 0.100. The minimum absolute atomic E-state index is 0.0370. The zero-order chi connectivity index (χ0) is 9.26. The normalized spacial score (nSPS) is 10.5. The molecule has 3 N–H and O–H groups in total. The number of Topliss-reactive ketones (excluding diaryl/α,β-unsaturated/α-hetero) is 1. The van der Waals surface area contributed by atoms with Gasteiger partial charge in [-0.25, -0.2) is 0 Å². The summed E-state index contributed by atoms with van der Waals surface area (Å²) in [7, 11) is 0. The number of nitrogens with two attached hydrogens (primary N) is 1. The molecular weight excluding hydrogens is 166 g/mol. The van der Waals surface area contributed by atoms with Gasteiger partial charge in [0.05, 0.1) is 18.3 Å². The molecule has 66 valence electrons. The third kappa shape index (κ3) is 1.21. The molecule has 2 aromatic heterocycles. The maximum absolute atomic E-state index is 11.3. The Balaban J connectivity index is 2.64. The summed E-state index contributed by atoms with van der Waals surface area (Å²) in [5.74, 6) is -0.0579. The van der Waals surface area contributed by atoms with Gasteiger partial charge in [0.2, 0.25) is 0 Å². The second-order valence-electron chi connectivity index (χ2n) is 2.75. The molecule has 0 atom stereocenters. The molecule has 0 spiro atoms. The molecule has 2 heterocycles. The smallest absolute Gasteiger partial charge is 0.178 e. The van der Waals surface area contributed by atoms with Crippen LogP contribution < -0.4 is 5.73 Å². The Bertz CT molecular complexity index is 447. The first-order chi connectivity index (χ1) is 6.33. The Morgan fingerprint density at radius 1 is 1.62 bits per heavy atom. The van der Waals surface area contributed by atoms with E-state index in [2.05, 4.69) is 9.97 Å². The highest BCUT2D eigenvalue weighted by atomic mass is 16.1. The highest BCUT2D eigenvalue weighted by molar-refractivity contribution is 6.08. The van der Waals surface area contributed by atoms with Gasteiger partial charge in [0.25, 0.3) is 0 Å². The summed E-state index contributed by atoms with van der Waals surface area (Å²) >= 11 is 0. The van der Waals surface area contributed by atoms with Gasteiger partial charge in [-0.3, -0.25) is 9.78 Å². The molecule has 0 aromatic carbocycles. The van der Waals surface area contributed by atoms with Crippen LogP contribution in [0.3, 0.4) is 0 Å². The number of aromatic amines is 1. The molecule has 0 aliphatic rings. The second-order valence-corrected chi connectivity index (χ2v) is 2.75. The van der Waals surface area contributed by atoms with Crippen molar-refractivity contribution in [3.05, 3.63) is 30.2 Å². The molecule has 0 aliphatic heterocycles. The number of H-pyrrole nitrogens is 1. The van der Waals surface area contributed by atoms with Gasteiger partial charge in [0.1, 0.15) is 0 Å². The monoisotopic (exact) mass is 175 g/mol. The Kier molecular flexibility index (Phi) is 1.83. The lowest BCUT2D eigenvalue weighted by atomic mass is 10.1. The Hall–Kier alpha value is -1.68. The van der Waals surface area contributed by atoms with Crippen LogP contribution in [0.4, 0.5) is 0 Å².